The van der Waals surface area contributed by atoms with Gasteiger partial charge in [-0.3, -0.25) is 4.79 Å². The number of amides is 1. The van der Waals surface area contributed by atoms with Crippen molar-refractivity contribution in [1.82, 2.24) is 14.5 Å². The van der Waals surface area contributed by atoms with Crippen LogP contribution in [0.2, 0.25) is 0 Å². The van der Waals surface area contributed by atoms with Gasteiger partial charge in [-0.25, -0.2) is 13.8 Å². The molecule has 0 bridgehead atoms. The van der Waals surface area contributed by atoms with Crippen LogP contribution in [0.3, 0.4) is 0 Å². The minimum absolute atomic E-state index is 0.166. The summed E-state index contributed by atoms with van der Waals surface area (Å²) in [5, 5.41) is 0. The molecule has 0 radical (unpaired) electrons. The Hall–Kier alpha value is -2.28. The van der Waals surface area contributed by atoms with E-state index in [9.17, 15) is 13.6 Å². The fraction of sp³-hybridized carbons (Fsp3) is 0.286. The maximum atomic E-state index is 13.1. The van der Waals surface area contributed by atoms with E-state index in [-0.39, 0.29) is 18.1 Å². The first-order valence-electron chi connectivity index (χ1n) is 6.42. The van der Waals surface area contributed by atoms with Gasteiger partial charge in [-0.2, -0.15) is 0 Å². The Morgan fingerprint density at radius 2 is 2.14 bits per heavy atom. The van der Waals surface area contributed by atoms with Crippen molar-refractivity contribution in [2.75, 3.05) is 13.6 Å². The average molecular weight is 294 g/mol. The van der Waals surface area contributed by atoms with E-state index in [2.05, 4.69) is 4.98 Å². The zero-order valence-electron chi connectivity index (χ0n) is 11.6. The van der Waals surface area contributed by atoms with E-state index in [4.69, 9.17) is 5.73 Å². The van der Waals surface area contributed by atoms with Gasteiger partial charge in [-0.15, -0.1) is 0 Å². The maximum Gasteiger partial charge on any atom is 0.274 e. The first-order valence-corrected chi connectivity index (χ1v) is 6.42. The fourth-order valence-corrected chi connectivity index (χ4v) is 1.92. The molecular formula is C14H16F2N4O. The van der Waals surface area contributed by atoms with E-state index in [1.165, 1.54) is 17.3 Å². The highest BCUT2D eigenvalue weighted by atomic mass is 19.2. The monoisotopic (exact) mass is 294 g/mol. The Morgan fingerprint density at radius 3 is 2.81 bits per heavy atom. The molecule has 7 heteroatoms. The third kappa shape index (κ3) is 3.63. The van der Waals surface area contributed by atoms with Crippen LogP contribution >= 0.6 is 0 Å². The third-order valence-electron chi connectivity index (χ3n) is 2.99. The van der Waals surface area contributed by atoms with Crippen LogP contribution in [0, 0.1) is 11.6 Å². The second-order valence-corrected chi connectivity index (χ2v) is 4.70. The second-order valence-electron chi connectivity index (χ2n) is 4.70. The molecule has 1 amide bonds. The van der Waals surface area contributed by atoms with Gasteiger partial charge in [0.2, 0.25) is 0 Å². The number of hydrogen-bond acceptors (Lipinski definition) is 3. The van der Waals surface area contributed by atoms with Gasteiger partial charge in [0.15, 0.2) is 11.6 Å². The number of halogens is 2. The molecule has 0 spiro atoms. The Labute approximate surface area is 121 Å². The second kappa shape index (κ2) is 6.45. The summed E-state index contributed by atoms with van der Waals surface area (Å²) in [6.07, 6.45) is 3.14. The van der Waals surface area contributed by atoms with Crippen molar-refractivity contribution in [2.24, 2.45) is 5.73 Å². The van der Waals surface area contributed by atoms with Crippen molar-refractivity contribution in [3.8, 4) is 0 Å². The summed E-state index contributed by atoms with van der Waals surface area (Å²) in [4.78, 5) is 17.6. The molecular weight excluding hydrogens is 278 g/mol. The zero-order chi connectivity index (χ0) is 15.4. The lowest BCUT2D eigenvalue weighted by Gasteiger charge is -2.16. The topological polar surface area (TPSA) is 64.2 Å². The number of carbonyl (C=O) groups is 1. The summed E-state index contributed by atoms with van der Waals surface area (Å²) < 4.78 is 27.7. The summed E-state index contributed by atoms with van der Waals surface area (Å²) in [6, 6.07) is 3.56. The minimum atomic E-state index is -0.930. The number of nitrogens with two attached hydrogens (primary N) is 1. The summed E-state index contributed by atoms with van der Waals surface area (Å²) in [5.74, 6) is -2.13. The van der Waals surface area contributed by atoms with Crippen molar-refractivity contribution in [1.29, 1.82) is 0 Å². The molecule has 0 saturated carbocycles. The van der Waals surface area contributed by atoms with Gasteiger partial charge in [0.1, 0.15) is 5.69 Å². The molecule has 0 aliphatic heterocycles. The first kappa shape index (κ1) is 15.1. The molecule has 0 saturated heterocycles. The predicted molar refractivity (Wildman–Crippen MR) is 73.4 cm³/mol. The number of aromatic nitrogens is 2. The van der Waals surface area contributed by atoms with Crippen LogP contribution in [0.4, 0.5) is 8.78 Å². The Balaban J connectivity index is 2.05. The molecule has 21 heavy (non-hydrogen) atoms. The molecule has 0 fully saturated rings. The summed E-state index contributed by atoms with van der Waals surface area (Å²) in [5.41, 5.74) is 6.22. The number of benzene rings is 1. The van der Waals surface area contributed by atoms with Gasteiger partial charge in [0, 0.05) is 32.9 Å². The molecule has 1 aromatic heterocycles. The van der Waals surface area contributed by atoms with Crippen molar-refractivity contribution >= 4 is 5.91 Å². The lowest BCUT2D eigenvalue weighted by molar-refractivity contribution is 0.0779. The lowest BCUT2D eigenvalue weighted by atomic mass is 10.2. The standard InChI is InChI=1S/C14H16F2N4O/c1-19(7-10-2-3-11(15)12(16)6-10)14(21)13-8-20(5-4-17)9-18-13/h2-3,6,8-9H,4-5,7,17H2,1H3. The van der Waals surface area contributed by atoms with E-state index < -0.39 is 11.6 Å². The predicted octanol–water partition coefficient (Wildman–Crippen LogP) is 1.39. The molecule has 2 rings (SSSR count). The van der Waals surface area contributed by atoms with Gasteiger partial charge < -0.3 is 15.2 Å². The Bertz CT molecular complexity index is 642. The molecule has 1 aromatic carbocycles. The fourth-order valence-electron chi connectivity index (χ4n) is 1.92. The highest BCUT2D eigenvalue weighted by Crippen LogP contribution is 2.11. The summed E-state index contributed by atoms with van der Waals surface area (Å²) in [6.45, 7) is 1.20. The smallest absolute Gasteiger partial charge is 0.274 e. The molecule has 0 atom stereocenters. The van der Waals surface area contributed by atoms with Crippen LogP contribution in [0.5, 0.6) is 0 Å². The van der Waals surface area contributed by atoms with Crippen LogP contribution in [0.1, 0.15) is 16.1 Å². The molecule has 1 heterocycles. The number of rotatable bonds is 5. The van der Waals surface area contributed by atoms with Crippen molar-refractivity contribution in [3.63, 3.8) is 0 Å². The molecule has 112 valence electrons. The van der Waals surface area contributed by atoms with Gasteiger partial charge in [-0.05, 0) is 17.7 Å². The highest BCUT2D eigenvalue weighted by Gasteiger charge is 2.15. The molecule has 5 nitrogen and oxygen atoms in total. The van der Waals surface area contributed by atoms with Crippen molar-refractivity contribution in [3.05, 3.63) is 53.6 Å². The van der Waals surface area contributed by atoms with Crippen LogP contribution < -0.4 is 5.73 Å². The van der Waals surface area contributed by atoms with Gasteiger partial charge in [-0.1, -0.05) is 6.07 Å². The lowest BCUT2D eigenvalue weighted by Crippen LogP contribution is -2.26. The molecule has 2 N–H and O–H groups in total. The van der Waals surface area contributed by atoms with E-state index in [0.29, 0.717) is 18.7 Å². The minimum Gasteiger partial charge on any atom is -0.336 e. The summed E-state index contributed by atoms with van der Waals surface area (Å²) in [7, 11) is 1.57. The SMILES string of the molecule is CN(Cc1ccc(F)c(F)c1)C(=O)c1cn(CCN)cn1. The van der Waals surface area contributed by atoms with E-state index in [1.807, 2.05) is 0 Å². The average Bonchev–Trinajstić information content (AvgIpc) is 2.91. The summed E-state index contributed by atoms with van der Waals surface area (Å²) >= 11 is 0. The number of hydrogen-bond donors (Lipinski definition) is 1. The Kier molecular flexibility index (Phi) is 4.64. The number of carbonyl (C=O) groups excluding carboxylic acids is 1. The van der Waals surface area contributed by atoms with E-state index in [1.54, 1.807) is 17.8 Å². The van der Waals surface area contributed by atoms with E-state index >= 15 is 0 Å². The molecule has 2 aromatic rings. The number of imidazole rings is 1. The largest absolute Gasteiger partial charge is 0.336 e. The van der Waals surface area contributed by atoms with Gasteiger partial charge >= 0.3 is 0 Å². The van der Waals surface area contributed by atoms with Crippen molar-refractivity contribution in [2.45, 2.75) is 13.1 Å². The first-order chi connectivity index (χ1) is 10.0. The number of nitrogens with zero attached hydrogens (tertiary/aromatic N) is 3. The molecule has 0 aliphatic rings. The van der Waals surface area contributed by atoms with Crippen LogP contribution in [-0.2, 0) is 13.1 Å². The quantitative estimate of drug-likeness (QED) is 0.906. The van der Waals surface area contributed by atoms with Gasteiger partial charge in [0.25, 0.3) is 5.91 Å². The van der Waals surface area contributed by atoms with Crippen LogP contribution in [0.15, 0.2) is 30.7 Å². The zero-order valence-corrected chi connectivity index (χ0v) is 11.6. The third-order valence-corrected chi connectivity index (χ3v) is 2.99. The maximum absolute atomic E-state index is 13.1. The normalized spacial score (nSPS) is 10.7. The molecule has 0 aliphatic carbocycles. The highest BCUT2D eigenvalue weighted by molar-refractivity contribution is 5.91. The van der Waals surface area contributed by atoms with Gasteiger partial charge in [0.05, 0.1) is 6.33 Å². The van der Waals surface area contributed by atoms with E-state index in [0.717, 1.165) is 12.1 Å². The van der Waals surface area contributed by atoms with Crippen molar-refractivity contribution < 1.29 is 13.6 Å². The molecule has 0 unspecified atom stereocenters. The Morgan fingerprint density at radius 1 is 1.38 bits per heavy atom. The van der Waals surface area contributed by atoms with Crippen LogP contribution in [-0.4, -0.2) is 34.0 Å². The van der Waals surface area contributed by atoms with Crippen LogP contribution in [0.25, 0.3) is 0 Å².